The molecular weight excluding hydrogens is 781 g/mol. The zero-order valence-corrected chi connectivity index (χ0v) is 35.2. The van der Waals surface area contributed by atoms with Crippen molar-refractivity contribution in [2.45, 2.75) is 6.42 Å². The van der Waals surface area contributed by atoms with Crippen molar-refractivity contribution in [1.29, 1.82) is 0 Å². The summed E-state index contributed by atoms with van der Waals surface area (Å²) in [4.78, 5) is 0. The first kappa shape index (κ1) is 33.3. The van der Waals surface area contributed by atoms with E-state index in [9.17, 15) is 0 Å². The molecule has 17 rings (SSSR count). The minimum Gasteiger partial charge on any atom is -0.0616 e. The normalized spacial score (nSPS) is 13.2. The second kappa shape index (κ2) is 11.4. The third-order valence-corrected chi connectivity index (χ3v) is 16.0. The second-order valence-electron chi connectivity index (χ2n) is 19.0. The first-order valence-corrected chi connectivity index (χ1v) is 23.0. The number of hydrogen-bond donors (Lipinski definition) is 0. The van der Waals surface area contributed by atoms with E-state index in [0.717, 1.165) is 6.42 Å². The Bertz CT molecular complexity index is 4890. The fourth-order valence-electron chi connectivity index (χ4n) is 13.4. The lowest BCUT2D eigenvalue weighted by atomic mass is 9.74. The molecule has 65 heavy (non-hydrogen) atoms. The molecule has 0 aromatic heterocycles. The highest BCUT2D eigenvalue weighted by molar-refractivity contribution is 6.40. The lowest BCUT2D eigenvalue weighted by Crippen LogP contribution is -2.06. The van der Waals surface area contributed by atoms with E-state index in [1.54, 1.807) is 0 Å². The van der Waals surface area contributed by atoms with E-state index in [2.05, 4.69) is 194 Å². The molecule has 1 aliphatic rings. The van der Waals surface area contributed by atoms with Crippen LogP contribution in [-0.2, 0) is 6.42 Å². The molecule has 1 aliphatic carbocycles. The summed E-state index contributed by atoms with van der Waals surface area (Å²) < 4.78 is 0. The van der Waals surface area contributed by atoms with Crippen LogP contribution in [0.5, 0.6) is 0 Å². The van der Waals surface area contributed by atoms with Gasteiger partial charge in [0.1, 0.15) is 0 Å². The Morgan fingerprint density at radius 3 is 1.35 bits per heavy atom. The summed E-state index contributed by atoms with van der Waals surface area (Å²) in [7, 11) is 0. The summed E-state index contributed by atoms with van der Waals surface area (Å²) in [6.45, 7) is 0. The highest BCUT2D eigenvalue weighted by atomic mass is 14.3. The Morgan fingerprint density at radius 2 is 0.631 bits per heavy atom. The van der Waals surface area contributed by atoms with Crippen LogP contribution >= 0.6 is 0 Å². The minimum atomic E-state index is 0.840. The SMILES string of the molecule is c1ccc2c(c1)ccc1c3cc4c5cccc6ccc7cccc(c4c4c3c(cc21)-c1cc2c3ccc8ccccc8c3cc3cc8c(cc9cccc%10cccc8c%109)c(c1C4)c32)c7c65. The van der Waals surface area contributed by atoms with E-state index < -0.39 is 0 Å². The van der Waals surface area contributed by atoms with Gasteiger partial charge >= 0.3 is 0 Å². The summed E-state index contributed by atoms with van der Waals surface area (Å²) in [5, 5.41) is 37.4. The molecule has 0 amide bonds. The van der Waals surface area contributed by atoms with Gasteiger partial charge in [-0.25, -0.2) is 0 Å². The lowest BCUT2D eigenvalue weighted by Gasteiger charge is -2.29. The molecule has 0 fully saturated rings. The van der Waals surface area contributed by atoms with E-state index in [4.69, 9.17) is 0 Å². The Morgan fingerprint density at radius 1 is 0.185 bits per heavy atom. The minimum absolute atomic E-state index is 0.840. The van der Waals surface area contributed by atoms with Crippen LogP contribution in [0.25, 0.3) is 162 Å². The predicted octanol–water partition coefficient (Wildman–Crippen LogP) is 18.3. The van der Waals surface area contributed by atoms with Crippen molar-refractivity contribution in [2.24, 2.45) is 0 Å². The third kappa shape index (κ3) is 3.98. The molecule has 294 valence electrons. The molecule has 16 aromatic rings. The molecule has 0 saturated heterocycles. The lowest BCUT2D eigenvalue weighted by molar-refractivity contribution is 1.25. The monoisotopic (exact) mass is 814 g/mol. The van der Waals surface area contributed by atoms with Gasteiger partial charge in [0.05, 0.1) is 0 Å². The maximum Gasteiger partial charge on any atom is -0.0000425 e. The van der Waals surface area contributed by atoms with Crippen molar-refractivity contribution >= 4 is 151 Å². The largest absolute Gasteiger partial charge is 0.0616 e. The summed E-state index contributed by atoms with van der Waals surface area (Å²) in [5.41, 5.74) is 5.60. The summed E-state index contributed by atoms with van der Waals surface area (Å²) in [5.74, 6) is 0. The Hall–Kier alpha value is -8.32. The van der Waals surface area contributed by atoms with Crippen molar-refractivity contribution in [3.8, 4) is 11.1 Å². The average Bonchev–Trinajstić information content (AvgIpc) is 3.36. The van der Waals surface area contributed by atoms with Gasteiger partial charge < -0.3 is 0 Å². The van der Waals surface area contributed by atoms with Crippen LogP contribution in [0.2, 0.25) is 0 Å². The molecule has 0 heteroatoms. The average molecular weight is 815 g/mol. The molecular formula is C65H34. The van der Waals surface area contributed by atoms with Crippen LogP contribution in [0.3, 0.4) is 0 Å². The standard InChI is InChI=1S/C65H34/c1-3-16-41-34(9-1)23-25-43-48(41)28-40-29-49-45-18-6-12-36-11-5-15-39(59(36)45)27-52(49)65-57-33-58-63-47-20-8-14-38-22-21-37-13-7-19-46(60(37)61(38)47)55(63)32-54-44-26-24-35-10-2-4-17-42(35)50(44)30-56(64(54)58)51(57)31-53(43)62(40)65/h1-32H,33H2. The predicted molar refractivity (Wildman–Crippen MR) is 282 cm³/mol. The van der Waals surface area contributed by atoms with Crippen molar-refractivity contribution in [3.63, 3.8) is 0 Å². The van der Waals surface area contributed by atoms with Gasteiger partial charge in [-0.3, -0.25) is 0 Å². The van der Waals surface area contributed by atoms with Crippen LogP contribution in [0.15, 0.2) is 194 Å². The molecule has 0 bridgehead atoms. The van der Waals surface area contributed by atoms with Gasteiger partial charge in [-0.15, -0.1) is 0 Å². The smallest absolute Gasteiger partial charge is 0.0000425 e. The highest BCUT2D eigenvalue weighted by Crippen LogP contribution is 2.55. The van der Waals surface area contributed by atoms with E-state index >= 15 is 0 Å². The van der Waals surface area contributed by atoms with Gasteiger partial charge in [0.2, 0.25) is 0 Å². The molecule has 0 saturated carbocycles. The van der Waals surface area contributed by atoms with E-state index in [1.165, 1.54) is 173 Å². The zero-order chi connectivity index (χ0) is 41.8. The van der Waals surface area contributed by atoms with Crippen molar-refractivity contribution in [1.82, 2.24) is 0 Å². The highest BCUT2D eigenvalue weighted by Gasteiger charge is 2.29. The quantitative estimate of drug-likeness (QED) is 0.106. The molecule has 0 radical (unpaired) electrons. The van der Waals surface area contributed by atoms with Crippen LogP contribution in [0, 0.1) is 0 Å². The summed E-state index contributed by atoms with van der Waals surface area (Å²) in [6, 6.07) is 75.0. The van der Waals surface area contributed by atoms with Crippen LogP contribution in [0.4, 0.5) is 0 Å². The second-order valence-corrected chi connectivity index (χ2v) is 19.0. The van der Waals surface area contributed by atoms with Gasteiger partial charge in [-0.05, 0) is 216 Å². The van der Waals surface area contributed by atoms with Crippen molar-refractivity contribution in [3.05, 3.63) is 205 Å². The molecule has 0 atom stereocenters. The van der Waals surface area contributed by atoms with Crippen molar-refractivity contribution in [2.75, 3.05) is 0 Å². The molecule has 0 aliphatic heterocycles. The topological polar surface area (TPSA) is 0 Å². The third-order valence-electron chi connectivity index (χ3n) is 16.0. The first-order chi connectivity index (χ1) is 32.2. The van der Waals surface area contributed by atoms with Gasteiger partial charge in [0.15, 0.2) is 0 Å². The van der Waals surface area contributed by atoms with Gasteiger partial charge in [0, 0.05) is 0 Å². The summed E-state index contributed by atoms with van der Waals surface area (Å²) >= 11 is 0. The van der Waals surface area contributed by atoms with E-state index in [-0.39, 0.29) is 0 Å². The number of hydrogen-bond acceptors (Lipinski definition) is 0. The molecule has 16 aromatic carbocycles. The molecule has 0 nitrogen and oxygen atoms in total. The number of benzene rings is 16. The van der Waals surface area contributed by atoms with Gasteiger partial charge in [-0.2, -0.15) is 0 Å². The van der Waals surface area contributed by atoms with Crippen LogP contribution < -0.4 is 0 Å². The van der Waals surface area contributed by atoms with E-state index in [0.29, 0.717) is 0 Å². The fourth-order valence-corrected chi connectivity index (χ4v) is 13.4. The maximum atomic E-state index is 2.61. The molecule has 0 heterocycles. The fraction of sp³-hybridized carbons (Fsp3) is 0.0154. The van der Waals surface area contributed by atoms with E-state index in [1.807, 2.05) is 0 Å². The Kier molecular flexibility index (Phi) is 5.85. The maximum absolute atomic E-state index is 2.61. The Labute approximate surface area is 371 Å². The first-order valence-electron chi connectivity index (χ1n) is 23.0. The van der Waals surface area contributed by atoms with Gasteiger partial charge in [0.25, 0.3) is 0 Å². The summed E-state index contributed by atoms with van der Waals surface area (Å²) in [6.07, 6.45) is 0.840. The Balaban J connectivity index is 1.17. The van der Waals surface area contributed by atoms with Crippen LogP contribution in [0.1, 0.15) is 11.1 Å². The zero-order valence-electron chi connectivity index (χ0n) is 35.2. The van der Waals surface area contributed by atoms with Crippen LogP contribution in [-0.4, -0.2) is 0 Å². The van der Waals surface area contributed by atoms with Gasteiger partial charge in [-0.1, -0.05) is 158 Å². The molecule has 0 N–H and O–H groups in total. The number of rotatable bonds is 0. The number of fused-ring (bicyclic) bond motifs is 18. The van der Waals surface area contributed by atoms with Crippen molar-refractivity contribution < 1.29 is 0 Å². The molecule has 0 unspecified atom stereocenters. The molecule has 0 spiro atoms.